The third kappa shape index (κ3) is 7.56. The number of hydrogen-bond donors (Lipinski definition) is 0. The number of ether oxygens (including phenoxy) is 3. The number of allylic oxidation sites excluding steroid dienone is 3. The fraction of sp³-hybridized carbons (Fsp3) is 0.407. The number of hydrogen-bond acceptors (Lipinski definition) is 3. The molecular weight excluding hydrogens is 372 g/mol. The lowest BCUT2D eigenvalue weighted by atomic mass is 10.0. The van der Waals surface area contributed by atoms with Gasteiger partial charge in [-0.1, -0.05) is 98.3 Å². The molecule has 0 N–H and O–H groups in total. The molecule has 3 atom stereocenters. The molecule has 2 aromatic carbocycles. The van der Waals surface area contributed by atoms with E-state index in [1.165, 1.54) is 11.1 Å². The highest BCUT2D eigenvalue weighted by molar-refractivity contribution is 5.21. The Morgan fingerprint density at radius 1 is 1.10 bits per heavy atom. The largest absolute Gasteiger partial charge is 0.377 e. The van der Waals surface area contributed by atoms with Crippen molar-refractivity contribution in [2.45, 2.75) is 52.1 Å². The summed E-state index contributed by atoms with van der Waals surface area (Å²) in [5.74, 6) is 0.480. The van der Waals surface area contributed by atoms with Gasteiger partial charge in [0.15, 0.2) is 6.29 Å². The second-order valence-corrected chi connectivity index (χ2v) is 7.84. The Labute approximate surface area is 181 Å². The molecule has 3 heteroatoms. The Hall–Kier alpha value is -2.20. The van der Waals surface area contributed by atoms with E-state index in [9.17, 15) is 0 Å². The van der Waals surface area contributed by atoms with E-state index in [0.29, 0.717) is 12.5 Å². The van der Waals surface area contributed by atoms with Crippen LogP contribution in [0.1, 0.15) is 50.5 Å². The molecule has 1 fully saturated rings. The van der Waals surface area contributed by atoms with Crippen LogP contribution in [0, 0.1) is 5.92 Å². The lowest BCUT2D eigenvalue weighted by Crippen LogP contribution is -2.25. The maximum atomic E-state index is 6.14. The van der Waals surface area contributed by atoms with Gasteiger partial charge in [0.2, 0.25) is 0 Å². The van der Waals surface area contributed by atoms with Crippen LogP contribution in [0.2, 0.25) is 0 Å². The standard InChI is InChI=1S/C27H34O3/c1-3-23(20-22(2)16-18-28-21-24-10-6-4-7-11-24)14-15-26-17-19-29-27(30-26)25-12-8-5-9-13-25/h4-15,20,22,26-27H,3,16-19,21H2,1-2H3/b15-14+,23-20-/t22-,26+,27-/m1/s1. The van der Waals surface area contributed by atoms with Crippen LogP contribution in [0.4, 0.5) is 0 Å². The van der Waals surface area contributed by atoms with Gasteiger partial charge in [0.1, 0.15) is 0 Å². The Balaban J connectivity index is 1.44. The first-order chi connectivity index (χ1) is 14.7. The van der Waals surface area contributed by atoms with Crippen LogP contribution in [0.25, 0.3) is 0 Å². The van der Waals surface area contributed by atoms with Crippen molar-refractivity contribution >= 4 is 0 Å². The van der Waals surface area contributed by atoms with Gasteiger partial charge in [0.05, 0.1) is 19.3 Å². The molecule has 3 nitrogen and oxygen atoms in total. The average Bonchev–Trinajstić information content (AvgIpc) is 2.81. The molecule has 1 aliphatic rings. The zero-order chi connectivity index (χ0) is 21.0. The quantitative estimate of drug-likeness (QED) is 0.327. The van der Waals surface area contributed by atoms with Gasteiger partial charge in [0.25, 0.3) is 0 Å². The Bertz CT molecular complexity index is 782. The topological polar surface area (TPSA) is 27.7 Å². The maximum absolute atomic E-state index is 6.14. The zero-order valence-electron chi connectivity index (χ0n) is 18.2. The second kappa shape index (κ2) is 12.5. The lowest BCUT2D eigenvalue weighted by Gasteiger charge is -2.29. The van der Waals surface area contributed by atoms with Crippen LogP contribution < -0.4 is 0 Å². The third-order valence-electron chi connectivity index (χ3n) is 5.30. The zero-order valence-corrected chi connectivity index (χ0v) is 18.2. The lowest BCUT2D eigenvalue weighted by molar-refractivity contribution is -0.204. The van der Waals surface area contributed by atoms with Crippen molar-refractivity contribution in [3.8, 4) is 0 Å². The van der Waals surface area contributed by atoms with Gasteiger partial charge >= 0.3 is 0 Å². The normalized spacial score (nSPS) is 21.1. The monoisotopic (exact) mass is 406 g/mol. The van der Waals surface area contributed by atoms with Crippen molar-refractivity contribution in [3.05, 3.63) is 95.6 Å². The van der Waals surface area contributed by atoms with Crippen molar-refractivity contribution < 1.29 is 14.2 Å². The van der Waals surface area contributed by atoms with Crippen LogP contribution in [-0.2, 0) is 20.8 Å². The highest BCUT2D eigenvalue weighted by atomic mass is 16.7. The van der Waals surface area contributed by atoms with E-state index in [1.807, 2.05) is 36.4 Å². The van der Waals surface area contributed by atoms with Gasteiger partial charge in [-0.25, -0.2) is 0 Å². The number of rotatable bonds is 10. The highest BCUT2D eigenvalue weighted by Gasteiger charge is 2.22. The summed E-state index contributed by atoms with van der Waals surface area (Å²) < 4.78 is 17.8. The summed E-state index contributed by atoms with van der Waals surface area (Å²) in [7, 11) is 0. The van der Waals surface area contributed by atoms with Crippen molar-refractivity contribution in [1.29, 1.82) is 0 Å². The fourth-order valence-corrected chi connectivity index (χ4v) is 3.49. The van der Waals surface area contributed by atoms with Crippen LogP contribution in [0.15, 0.2) is 84.5 Å². The first kappa shape index (κ1) is 22.5. The van der Waals surface area contributed by atoms with Gasteiger partial charge in [-0.15, -0.1) is 0 Å². The molecule has 3 rings (SSSR count). The molecule has 0 amide bonds. The minimum Gasteiger partial charge on any atom is -0.377 e. The van der Waals surface area contributed by atoms with E-state index in [1.54, 1.807) is 0 Å². The molecule has 0 aliphatic carbocycles. The molecule has 0 spiro atoms. The first-order valence-corrected chi connectivity index (χ1v) is 11.1. The smallest absolute Gasteiger partial charge is 0.184 e. The SMILES string of the molecule is CCC(=C/[C@H](C)CCOCc1ccccc1)/C=C/[C@H]1CCO[C@@H](c2ccccc2)O1. The summed E-state index contributed by atoms with van der Waals surface area (Å²) in [5, 5.41) is 0. The minimum atomic E-state index is -0.274. The molecule has 0 bridgehead atoms. The molecule has 1 heterocycles. The van der Waals surface area contributed by atoms with E-state index < -0.39 is 0 Å². The molecule has 30 heavy (non-hydrogen) atoms. The Kier molecular flexibility index (Phi) is 9.36. The summed E-state index contributed by atoms with van der Waals surface area (Å²) >= 11 is 0. The van der Waals surface area contributed by atoms with E-state index in [4.69, 9.17) is 14.2 Å². The van der Waals surface area contributed by atoms with Crippen LogP contribution in [0.3, 0.4) is 0 Å². The third-order valence-corrected chi connectivity index (χ3v) is 5.30. The van der Waals surface area contributed by atoms with E-state index in [0.717, 1.165) is 38.0 Å². The fourth-order valence-electron chi connectivity index (χ4n) is 3.49. The van der Waals surface area contributed by atoms with Gasteiger partial charge in [0, 0.05) is 18.6 Å². The van der Waals surface area contributed by atoms with Crippen LogP contribution in [-0.4, -0.2) is 19.3 Å². The van der Waals surface area contributed by atoms with Crippen molar-refractivity contribution in [2.75, 3.05) is 13.2 Å². The summed E-state index contributed by atoms with van der Waals surface area (Å²) in [6.45, 7) is 6.63. The van der Waals surface area contributed by atoms with E-state index in [2.05, 4.69) is 56.3 Å². The molecule has 0 aromatic heterocycles. The molecule has 1 aliphatic heterocycles. The molecular formula is C27H34O3. The van der Waals surface area contributed by atoms with Crippen LogP contribution >= 0.6 is 0 Å². The van der Waals surface area contributed by atoms with Crippen LogP contribution in [0.5, 0.6) is 0 Å². The molecule has 1 saturated heterocycles. The van der Waals surface area contributed by atoms with Crippen molar-refractivity contribution in [3.63, 3.8) is 0 Å². The predicted molar refractivity (Wildman–Crippen MR) is 122 cm³/mol. The summed E-state index contributed by atoms with van der Waals surface area (Å²) in [6.07, 6.45) is 9.50. The molecule has 160 valence electrons. The predicted octanol–water partition coefficient (Wildman–Crippen LogP) is 6.63. The first-order valence-electron chi connectivity index (χ1n) is 11.1. The molecule has 0 unspecified atom stereocenters. The van der Waals surface area contributed by atoms with E-state index in [-0.39, 0.29) is 12.4 Å². The van der Waals surface area contributed by atoms with Gasteiger partial charge < -0.3 is 14.2 Å². The molecule has 0 saturated carbocycles. The van der Waals surface area contributed by atoms with Crippen molar-refractivity contribution in [1.82, 2.24) is 0 Å². The number of benzene rings is 2. The van der Waals surface area contributed by atoms with Gasteiger partial charge in [-0.3, -0.25) is 0 Å². The summed E-state index contributed by atoms with van der Waals surface area (Å²) in [6, 6.07) is 20.5. The Morgan fingerprint density at radius 2 is 1.83 bits per heavy atom. The minimum absolute atomic E-state index is 0.0865. The highest BCUT2D eigenvalue weighted by Crippen LogP contribution is 2.27. The van der Waals surface area contributed by atoms with E-state index >= 15 is 0 Å². The Morgan fingerprint density at radius 3 is 2.57 bits per heavy atom. The summed E-state index contributed by atoms with van der Waals surface area (Å²) in [4.78, 5) is 0. The maximum Gasteiger partial charge on any atom is 0.184 e. The molecule has 0 radical (unpaired) electrons. The second-order valence-electron chi connectivity index (χ2n) is 7.84. The molecule has 2 aromatic rings. The average molecular weight is 407 g/mol. The van der Waals surface area contributed by atoms with Gasteiger partial charge in [-0.05, 0) is 24.3 Å². The van der Waals surface area contributed by atoms with Crippen molar-refractivity contribution in [2.24, 2.45) is 5.92 Å². The van der Waals surface area contributed by atoms with Gasteiger partial charge in [-0.2, -0.15) is 0 Å². The summed E-state index contributed by atoms with van der Waals surface area (Å²) in [5.41, 5.74) is 3.64.